The van der Waals surface area contributed by atoms with Crippen molar-refractivity contribution < 1.29 is 9.53 Å². The van der Waals surface area contributed by atoms with E-state index in [9.17, 15) is 4.79 Å². The lowest BCUT2D eigenvalue weighted by Crippen LogP contribution is -2.48. The third kappa shape index (κ3) is 4.49. The van der Waals surface area contributed by atoms with Gasteiger partial charge < -0.3 is 15.8 Å². The van der Waals surface area contributed by atoms with Gasteiger partial charge in [-0.2, -0.15) is 0 Å². The lowest BCUT2D eigenvalue weighted by atomic mass is 9.98. The van der Waals surface area contributed by atoms with Gasteiger partial charge in [-0.1, -0.05) is 43.2 Å². The number of anilines is 1. The lowest BCUT2D eigenvalue weighted by molar-refractivity contribution is -0.121. The number of ether oxygens (including phenoxy) is 1. The summed E-state index contributed by atoms with van der Waals surface area (Å²) in [5.74, 6) is 0.683. The van der Waals surface area contributed by atoms with Crippen LogP contribution in [0.1, 0.15) is 31.2 Å². The van der Waals surface area contributed by atoms with Crippen LogP contribution in [0.15, 0.2) is 54.6 Å². The highest BCUT2D eigenvalue weighted by Crippen LogP contribution is 2.28. The van der Waals surface area contributed by atoms with E-state index in [0.29, 0.717) is 6.61 Å². The first kappa shape index (κ1) is 18.3. The minimum atomic E-state index is -0.706. The molecule has 1 saturated carbocycles. The number of hydrogen-bond donors (Lipinski definition) is 2. The fraction of sp³-hybridized carbons (Fsp3) is 0.316. The zero-order valence-electron chi connectivity index (χ0n) is 13.5. The molecule has 128 valence electrons. The van der Waals surface area contributed by atoms with Crippen molar-refractivity contribution in [1.29, 1.82) is 0 Å². The highest BCUT2D eigenvalue weighted by atomic mass is 35.5. The SMILES string of the molecule is Cl.NC1(C(=O)Nc2ccc(OCc3ccccc3)cc2)CCCC1. The summed E-state index contributed by atoms with van der Waals surface area (Å²) in [5.41, 5.74) is 7.32. The molecule has 0 bridgehead atoms. The van der Waals surface area contributed by atoms with Crippen LogP contribution in [0.25, 0.3) is 0 Å². The molecule has 3 N–H and O–H groups in total. The van der Waals surface area contributed by atoms with Gasteiger partial charge in [0, 0.05) is 5.69 Å². The van der Waals surface area contributed by atoms with Crippen molar-refractivity contribution in [3.05, 3.63) is 60.2 Å². The summed E-state index contributed by atoms with van der Waals surface area (Å²) in [7, 11) is 0. The molecule has 3 rings (SSSR count). The summed E-state index contributed by atoms with van der Waals surface area (Å²) >= 11 is 0. The maximum absolute atomic E-state index is 12.3. The first-order chi connectivity index (χ1) is 11.2. The maximum Gasteiger partial charge on any atom is 0.244 e. The van der Waals surface area contributed by atoms with Crippen LogP contribution in [-0.4, -0.2) is 11.4 Å². The number of nitrogens with one attached hydrogen (secondary N) is 1. The van der Waals surface area contributed by atoms with Gasteiger partial charge in [0.2, 0.25) is 5.91 Å². The van der Waals surface area contributed by atoms with E-state index in [1.165, 1.54) is 0 Å². The summed E-state index contributed by atoms with van der Waals surface area (Å²) in [4.78, 5) is 12.3. The molecule has 2 aromatic rings. The van der Waals surface area contributed by atoms with Gasteiger partial charge in [0.1, 0.15) is 12.4 Å². The Morgan fingerprint density at radius 3 is 2.29 bits per heavy atom. The number of carbonyl (C=O) groups excluding carboxylic acids is 1. The molecule has 5 heteroatoms. The summed E-state index contributed by atoms with van der Waals surface area (Å²) < 4.78 is 5.73. The van der Waals surface area contributed by atoms with E-state index in [4.69, 9.17) is 10.5 Å². The summed E-state index contributed by atoms with van der Waals surface area (Å²) in [6.07, 6.45) is 3.57. The van der Waals surface area contributed by atoms with Crippen LogP contribution in [-0.2, 0) is 11.4 Å². The molecule has 0 aromatic heterocycles. The third-order valence-corrected chi connectivity index (χ3v) is 4.31. The van der Waals surface area contributed by atoms with E-state index in [1.54, 1.807) is 0 Å². The van der Waals surface area contributed by atoms with Crippen molar-refractivity contribution in [2.45, 2.75) is 37.8 Å². The number of nitrogens with two attached hydrogens (primary N) is 1. The predicted molar refractivity (Wildman–Crippen MR) is 98.5 cm³/mol. The summed E-state index contributed by atoms with van der Waals surface area (Å²) in [6, 6.07) is 17.4. The van der Waals surface area contributed by atoms with Crippen LogP contribution >= 0.6 is 12.4 Å². The largest absolute Gasteiger partial charge is 0.489 e. The molecule has 0 radical (unpaired) electrons. The fourth-order valence-electron chi connectivity index (χ4n) is 2.86. The Hall–Kier alpha value is -2.04. The van der Waals surface area contributed by atoms with Crippen molar-refractivity contribution in [1.82, 2.24) is 0 Å². The van der Waals surface area contributed by atoms with Crippen molar-refractivity contribution >= 4 is 24.0 Å². The highest BCUT2D eigenvalue weighted by molar-refractivity contribution is 5.98. The van der Waals surface area contributed by atoms with Crippen LogP contribution in [0.5, 0.6) is 5.75 Å². The molecule has 4 nitrogen and oxygen atoms in total. The summed E-state index contributed by atoms with van der Waals surface area (Å²) in [6.45, 7) is 0.526. The molecular formula is C19H23ClN2O2. The second-order valence-corrected chi connectivity index (χ2v) is 6.12. The van der Waals surface area contributed by atoms with E-state index in [0.717, 1.165) is 42.7 Å². The number of rotatable bonds is 5. The minimum absolute atomic E-state index is 0. The average Bonchev–Trinajstić information content (AvgIpc) is 3.03. The Labute approximate surface area is 148 Å². The van der Waals surface area contributed by atoms with E-state index in [-0.39, 0.29) is 18.3 Å². The van der Waals surface area contributed by atoms with E-state index in [1.807, 2.05) is 54.6 Å². The molecule has 0 unspecified atom stereocenters. The Kier molecular flexibility index (Phi) is 6.23. The summed E-state index contributed by atoms with van der Waals surface area (Å²) in [5, 5.41) is 2.91. The average molecular weight is 347 g/mol. The zero-order chi connectivity index (χ0) is 16.1. The van der Waals surface area contributed by atoms with Gasteiger partial charge in [-0.3, -0.25) is 4.79 Å². The van der Waals surface area contributed by atoms with E-state index >= 15 is 0 Å². The lowest BCUT2D eigenvalue weighted by Gasteiger charge is -2.22. The van der Waals surface area contributed by atoms with Gasteiger partial charge >= 0.3 is 0 Å². The molecule has 0 atom stereocenters. The molecule has 2 aromatic carbocycles. The van der Waals surface area contributed by atoms with Gasteiger partial charge in [-0.25, -0.2) is 0 Å². The Morgan fingerprint density at radius 2 is 1.67 bits per heavy atom. The van der Waals surface area contributed by atoms with Gasteiger partial charge in [-0.15, -0.1) is 12.4 Å². The van der Waals surface area contributed by atoms with Gasteiger partial charge in [0.05, 0.1) is 5.54 Å². The number of carbonyl (C=O) groups is 1. The second-order valence-electron chi connectivity index (χ2n) is 6.12. The quantitative estimate of drug-likeness (QED) is 0.863. The Bertz CT molecular complexity index is 653. The minimum Gasteiger partial charge on any atom is -0.489 e. The molecular weight excluding hydrogens is 324 g/mol. The third-order valence-electron chi connectivity index (χ3n) is 4.31. The molecule has 1 aliphatic rings. The molecule has 1 amide bonds. The number of benzene rings is 2. The molecule has 1 fully saturated rings. The molecule has 0 saturated heterocycles. The Balaban J connectivity index is 0.00000208. The number of halogens is 1. The fourth-order valence-corrected chi connectivity index (χ4v) is 2.86. The van der Waals surface area contributed by atoms with Crippen molar-refractivity contribution in [2.24, 2.45) is 5.73 Å². The zero-order valence-corrected chi connectivity index (χ0v) is 14.4. The first-order valence-electron chi connectivity index (χ1n) is 8.03. The standard InChI is InChI=1S/C19H22N2O2.ClH/c20-19(12-4-5-13-19)18(22)21-16-8-10-17(11-9-16)23-14-15-6-2-1-3-7-15;/h1-3,6-11H,4-5,12-14,20H2,(H,21,22);1H. The smallest absolute Gasteiger partial charge is 0.244 e. The van der Waals surface area contributed by atoms with E-state index < -0.39 is 5.54 Å². The molecule has 0 spiro atoms. The Morgan fingerprint density at radius 1 is 1.04 bits per heavy atom. The maximum atomic E-state index is 12.3. The monoisotopic (exact) mass is 346 g/mol. The predicted octanol–water partition coefficient (Wildman–Crippen LogP) is 3.90. The van der Waals surface area contributed by atoms with Crippen LogP contribution in [0.4, 0.5) is 5.69 Å². The van der Waals surface area contributed by atoms with Crippen LogP contribution in [0.3, 0.4) is 0 Å². The first-order valence-corrected chi connectivity index (χ1v) is 8.03. The molecule has 0 aliphatic heterocycles. The van der Waals surface area contributed by atoms with Crippen molar-refractivity contribution in [3.8, 4) is 5.75 Å². The normalized spacial score (nSPS) is 15.4. The second kappa shape index (κ2) is 8.18. The number of hydrogen-bond acceptors (Lipinski definition) is 3. The van der Waals surface area contributed by atoms with E-state index in [2.05, 4.69) is 5.32 Å². The van der Waals surface area contributed by atoms with Gasteiger partial charge in [0.25, 0.3) is 0 Å². The van der Waals surface area contributed by atoms with Gasteiger partial charge in [-0.05, 0) is 42.7 Å². The number of amides is 1. The molecule has 1 aliphatic carbocycles. The van der Waals surface area contributed by atoms with Crippen LogP contribution < -0.4 is 15.8 Å². The van der Waals surface area contributed by atoms with Crippen molar-refractivity contribution in [3.63, 3.8) is 0 Å². The molecule has 24 heavy (non-hydrogen) atoms. The van der Waals surface area contributed by atoms with Gasteiger partial charge in [0.15, 0.2) is 0 Å². The van der Waals surface area contributed by atoms with Crippen LogP contribution in [0.2, 0.25) is 0 Å². The topological polar surface area (TPSA) is 64.4 Å². The highest BCUT2D eigenvalue weighted by Gasteiger charge is 2.36. The molecule has 0 heterocycles. The van der Waals surface area contributed by atoms with Crippen LogP contribution in [0, 0.1) is 0 Å². The van der Waals surface area contributed by atoms with Crippen molar-refractivity contribution in [2.75, 3.05) is 5.32 Å².